The minimum Gasteiger partial charge on any atom is -0.310 e. The smallest absolute Gasteiger partial charge is 0.0775 e. The molecule has 0 spiro atoms. The molecule has 0 heterocycles. The van der Waals surface area contributed by atoms with E-state index in [2.05, 4.69) is 285 Å². The summed E-state index contributed by atoms with van der Waals surface area (Å²) in [6, 6.07) is 73.5. The Kier molecular flexibility index (Phi) is 12.3. The van der Waals surface area contributed by atoms with Crippen molar-refractivity contribution in [3.63, 3.8) is 0 Å². The Hall–Kier alpha value is -6.47. The van der Waals surface area contributed by atoms with Gasteiger partial charge in [-0.15, -0.1) is 0 Å². The van der Waals surface area contributed by atoms with Crippen molar-refractivity contribution in [1.82, 2.24) is 0 Å². The first-order chi connectivity index (χ1) is 32.3. The van der Waals surface area contributed by atoms with Crippen LogP contribution in [0.1, 0.15) is 52.7 Å². The lowest BCUT2D eigenvalue weighted by Crippen LogP contribution is -2.37. The molecule has 0 saturated heterocycles. The highest BCUT2D eigenvalue weighted by atomic mass is 28.3. The molecule has 0 N–H and O–H groups in total. The number of hydrogen-bond acceptors (Lipinski definition) is 2. The first kappa shape index (κ1) is 46.6. The van der Waals surface area contributed by atoms with Gasteiger partial charge in [0.25, 0.3) is 0 Å². The number of anilines is 6. The third-order valence-electron chi connectivity index (χ3n) is 13.7. The molecule has 0 radical (unpaired) electrons. The lowest BCUT2D eigenvalue weighted by atomic mass is 9.85. The molecule has 9 aromatic rings. The van der Waals surface area contributed by atoms with E-state index in [-0.39, 0.29) is 10.8 Å². The summed E-state index contributed by atoms with van der Waals surface area (Å²) in [6.07, 6.45) is 0. The largest absolute Gasteiger partial charge is 0.310 e. The normalized spacial score (nSPS) is 12.4. The van der Waals surface area contributed by atoms with Crippen LogP contribution in [0, 0.1) is 0 Å². The van der Waals surface area contributed by atoms with Gasteiger partial charge in [-0.25, -0.2) is 0 Å². The van der Waals surface area contributed by atoms with E-state index in [1.165, 1.54) is 65.3 Å². The van der Waals surface area contributed by atoms with Gasteiger partial charge in [-0.3, -0.25) is 0 Å². The molecule has 0 aliphatic carbocycles. The Morgan fingerprint density at radius 1 is 0.294 bits per heavy atom. The van der Waals surface area contributed by atoms with Crippen LogP contribution in [0.25, 0.3) is 43.8 Å². The molecule has 0 fully saturated rings. The van der Waals surface area contributed by atoms with E-state index < -0.39 is 16.1 Å². The molecule has 9 rings (SSSR count). The molecule has 0 aromatic heterocycles. The molecule has 4 heteroatoms. The van der Waals surface area contributed by atoms with Gasteiger partial charge < -0.3 is 9.80 Å². The van der Waals surface area contributed by atoms with Gasteiger partial charge in [-0.1, -0.05) is 213 Å². The van der Waals surface area contributed by atoms with Gasteiger partial charge >= 0.3 is 0 Å². The molecule has 0 saturated carbocycles. The fourth-order valence-corrected chi connectivity index (χ4v) is 12.0. The lowest BCUT2D eigenvalue weighted by Gasteiger charge is -2.29. The second-order valence-corrected chi connectivity index (χ2v) is 33.0. The Morgan fingerprint density at radius 3 is 0.853 bits per heavy atom. The Labute approximate surface area is 409 Å². The van der Waals surface area contributed by atoms with Crippen LogP contribution < -0.4 is 20.2 Å². The summed E-state index contributed by atoms with van der Waals surface area (Å²) >= 11 is 0. The highest BCUT2D eigenvalue weighted by Crippen LogP contribution is 2.48. The van der Waals surface area contributed by atoms with Gasteiger partial charge in [0, 0.05) is 34.1 Å². The molecule has 0 unspecified atom stereocenters. The quantitative estimate of drug-likeness (QED) is 0.0996. The molecule has 342 valence electrons. The van der Waals surface area contributed by atoms with Crippen molar-refractivity contribution in [3.8, 4) is 22.3 Å². The van der Waals surface area contributed by atoms with E-state index >= 15 is 0 Å². The standard InChI is InChI=1S/C64H68N2Si2/c1-63(2,3)47-23-27-49(28-24-47)65(51-31-37-55(38-32-51)67(7,8)9)53-35-41-57-59(43-53)61(45-19-15-13-16-20-45)58-42-36-54(44-60(58)62(57)46-21-17-14-18-22-46)66(50-29-25-48(26-30-50)64(4,5)6)52-33-39-56(40-34-52)68(10,11)12/h13-44H,1-12H3. The summed E-state index contributed by atoms with van der Waals surface area (Å²) in [4.78, 5) is 4.89. The predicted molar refractivity (Wildman–Crippen MR) is 305 cm³/mol. The van der Waals surface area contributed by atoms with E-state index in [1.807, 2.05) is 0 Å². The van der Waals surface area contributed by atoms with Crippen molar-refractivity contribution in [2.75, 3.05) is 9.80 Å². The van der Waals surface area contributed by atoms with Crippen LogP contribution in [-0.4, -0.2) is 16.1 Å². The van der Waals surface area contributed by atoms with E-state index in [4.69, 9.17) is 0 Å². The van der Waals surface area contributed by atoms with Gasteiger partial charge in [0.2, 0.25) is 0 Å². The van der Waals surface area contributed by atoms with E-state index in [0.29, 0.717) is 0 Å². The van der Waals surface area contributed by atoms with Crippen molar-refractivity contribution in [2.45, 2.75) is 91.7 Å². The summed E-state index contributed by atoms with van der Waals surface area (Å²) in [5.41, 5.74) is 14.5. The number of hydrogen-bond donors (Lipinski definition) is 0. The van der Waals surface area contributed by atoms with Crippen LogP contribution >= 0.6 is 0 Å². The maximum Gasteiger partial charge on any atom is 0.0775 e. The van der Waals surface area contributed by atoms with Gasteiger partial charge in [0.05, 0.1) is 16.1 Å². The van der Waals surface area contributed by atoms with Crippen molar-refractivity contribution in [2.24, 2.45) is 0 Å². The molecular formula is C64H68N2Si2. The second kappa shape index (κ2) is 17.9. The Balaban J connectivity index is 1.32. The van der Waals surface area contributed by atoms with Crippen molar-refractivity contribution < 1.29 is 0 Å². The van der Waals surface area contributed by atoms with Crippen molar-refractivity contribution in [1.29, 1.82) is 0 Å². The topological polar surface area (TPSA) is 6.48 Å². The number of benzene rings is 9. The molecule has 0 aliphatic heterocycles. The molecule has 0 amide bonds. The fourth-order valence-electron chi connectivity index (χ4n) is 9.65. The Morgan fingerprint density at radius 2 is 0.574 bits per heavy atom. The molecular weight excluding hydrogens is 853 g/mol. The summed E-state index contributed by atoms with van der Waals surface area (Å²) in [5, 5.41) is 7.80. The maximum atomic E-state index is 2.45. The van der Waals surface area contributed by atoms with E-state index in [0.717, 1.165) is 34.1 Å². The van der Waals surface area contributed by atoms with Gasteiger partial charge in [-0.05, 0) is 139 Å². The summed E-state index contributed by atoms with van der Waals surface area (Å²) < 4.78 is 0. The number of fused-ring (bicyclic) bond motifs is 2. The zero-order valence-corrected chi connectivity index (χ0v) is 44.4. The van der Waals surface area contributed by atoms with Crippen molar-refractivity contribution >= 4 is 82.2 Å². The lowest BCUT2D eigenvalue weighted by molar-refractivity contribution is 0.590. The zero-order valence-electron chi connectivity index (χ0n) is 42.4. The minimum atomic E-state index is -1.51. The first-order valence-corrected chi connectivity index (χ1v) is 31.4. The monoisotopic (exact) mass is 920 g/mol. The average Bonchev–Trinajstić information content (AvgIpc) is 3.31. The first-order valence-electron chi connectivity index (χ1n) is 24.4. The van der Waals surface area contributed by atoms with Crippen LogP contribution in [0.5, 0.6) is 0 Å². The van der Waals surface area contributed by atoms with Gasteiger partial charge in [0.15, 0.2) is 0 Å². The SMILES string of the molecule is CC(C)(C)c1ccc(N(c2ccc([Si](C)(C)C)cc2)c2ccc3c(-c4ccccc4)c4cc(N(c5ccc(C(C)(C)C)cc5)c5ccc([Si](C)(C)C)cc5)ccc4c(-c4ccccc4)c3c2)cc1. The average molecular weight is 921 g/mol. The van der Waals surface area contributed by atoms with E-state index in [1.54, 1.807) is 0 Å². The molecule has 9 aromatic carbocycles. The summed E-state index contributed by atoms with van der Waals surface area (Å²) in [5.74, 6) is 0. The second-order valence-electron chi connectivity index (χ2n) is 22.8. The number of rotatable bonds is 10. The fraction of sp³-hybridized carbons (Fsp3) is 0.219. The van der Waals surface area contributed by atoms with Gasteiger partial charge in [0.1, 0.15) is 0 Å². The summed E-state index contributed by atoms with van der Waals surface area (Å²) in [7, 11) is -3.03. The summed E-state index contributed by atoms with van der Waals surface area (Å²) in [6.45, 7) is 28.2. The maximum absolute atomic E-state index is 2.45. The minimum absolute atomic E-state index is 0.0524. The van der Waals surface area contributed by atoms with Gasteiger partial charge in [-0.2, -0.15) is 0 Å². The van der Waals surface area contributed by atoms with E-state index in [9.17, 15) is 0 Å². The highest BCUT2D eigenvalue weighted by Gasteiger charge is 2.25. The Bertz CT molecular complexity index is 2860. The predicted octanol–water partition coefficient (Wildman–Crippen LogP) is 18.0. The van der Waals surface area contributed by atoms with Crippen LogP contribution in [0.15, 0.2) is 194 Å². The number of nitrogens with zero attached hydrogens (tertiary/aromatic N) is 2. The van der Waals surface area contributed by atoms with Crippen molar-refractivity contribution in [3.05, 3.63) is 205 Å². The molecule has 0 bridgehead atoms. The molecule has 0 atom stereocenters. The van der Waals surface area contributed by atoms with Crippen LogP contribution in [0.3, 0.4) is 0 Å². The highest BCUT2D eigenvalue weighted by molar-refractivity contribution is 6.89. The third-order valence-corrected chi connectivity index (χ3v) is 17.8. The zero-order chi connectivity index (χ0) is 48.2. The molecule has 68 heavy (non-hydrogen) atoms. The molecule has 0 aliphatic rings. The third kappa shape index (κ3) is 9.37. The van der Waals surface area contributed by atoms with Crippen LogP contribution in [0.4, 0.5) is 34.1 Å². The molecule has 2 nitrogen and oxygen atoms in total. The van der Waals surface area contributed by atoms with Crippen LogP contribution in [-0.2, 0) is 10.8 Å². The van der Waals surface area contributed by atoms with Crippen LogP contribution in [0.2, 0.25) is 39.3 Å².